The van der Waals surface area contributed by atoms with Crippen molar-refractivity contribution < 1.29 is 9.66 Å². The second kappa shape index (κ2) is 4.73. The SMILES string of the molecule is CC1(CNc2ncnc(N)c2[N+](=O)[O-])CCCO1. The largest absolute Gasteiger partial charge is 0.378 e. The molecule has 1 aliphatic heterocycles. The molecule has 1 fully saturated rings. The van der Waals surface area contributed by atoms with E-state index in [1.54, 1.807) is 0 Å². The molecule has 1 aliphatic rings. The average Bonchev–Trinajstić information content (AvgIpc) is 2.73. The highest BCUT2D eigenvalue weighted by Crippen LogP contribution is 2.29. The molecule has 3 N–H and O–H groups in total. The molecule has 2 rings (SSSR count). The van der Waals surface area contributed by atoms with Crippen molar-refractivity contribution in [2.24, 2.45) is 0 Å². The summed E-state index contributed by atoms with van der Waals surface area (Å²) in [6, 6.07) is 0. The van der Waals surface area contributed by atoms with Crippen LogP contribution in [-0.2, 0) is 4.74 Å². The summed E-state index contributed by atoms with van der Waals surface area (Å²) in [4.78, 5) is 17.8. The Labute approximate surface area is 104 Å². The first-order chi connectivity index (χ1) is 8.52. The average molecular weight is 253 g/mol. The van der Waals surface area contributed by atoms with Crippen molar-refractivity contribution >= 4 is 17.3 Å². The second-order valence-corrected chi connectivity index (χ2v) is 4.47. The van der Waals surface area contributed by atoms with E-state index in [0.717, 1.165) is 12.8 Å². The van der Waals surface area contributed by atoms with Crippen LogP contribution in [0.2, 0.25) is 0 Å². The number of nitrogens with one attached hydrogen (secondary N) is 1. The molecule has 0 aliphatic carbocycles. The molecule has 8 heteroatoms. The molecule has 2 heterocycles. The van der Waals surface area contributed by atoms with Crippen molar-refractivity contribution in [3.63, 3.8) is 0 Å². The zero-order chi connectivity index (χ0) is 13.2. The Kier molecular flexibility index (Phi) is 3.28. The van der Waals surface area contributed by atoms with Gasteiger partial charge >= 0.3 is 5.69 Å². The van der Waals surface area contributed by atoms with Crippen molar-refractivity contribution in [2.45, 2.75) is 25.4 Å². The first-order valence-electron chi connectivity index (χ1n) is 5.64. The molecule has 18 heavy (non-hydrogen) atoms. The normalized spacial score (nSPS) is 22.9. The number of nitrogens with two attached hydrogens (primary N) is 1. The molecule has 0 aromatic carbocycles. The maximum atomic E-state index is 10.9. The minimum Gasteiger partial charge on any atom is -0.378 e. The number of nitrogens with zero attached hydrogens (tertiary/aromatic N) is 3. The van der Waals surface area contributed by atoms with Crippen molar-refractivity contribution in [1.82, 2.24) is 9.97 Å². The molecule has 0 radical (unpaired) electrons. The molecular formula is C10H15N5O3. The highest BCUT2D eigenvalue weighted by Gasteiger charge is 2.31. The number of nitro groups is 1. The van der Waals surface area contributed by atoms with Crippen LogP contribution in [0.25, 0.3) is 0 Å². The number of aromatic nitrogens is 2. The fraction of sp³-hybridized carbons (Fsp3) is 0.600. The third-order valence-electron chi connectivity index (χ3n) is 2.96. The van der Waals surface area contributed by atoms with Crippen LogP contribution < -0.4 is 11.1 Å². The summed E-state index contributed by atoms with van der Waals surface area (Å²) in [5, 5.41) is 13.8. The fourth-order valence-electron chi connectivity index (χ4n) is 1.95. The molecule has 0 saturated carbocycles. The maximum Gasteiger partial charge on any atom is 0.352 e. The van der Waals surface area contributed by atoms with Crippen molar-refractivity contribution in [3.05, 3.63) is 16.4 Å². The van der Waals surface area contributed by atoms with E-state index in [9.17, 15) is 10.1 Å². The van der Waals surface area contributed by atoms with Gasteiger partial charge in [0.05, 0.1) is 10.5 Å². The van der Waals surface area contributed by atoms with Gasteiger partial charge in [0.25, 0.3) is 0 Å². The quantitative estimate of drug-likeness (QED) is 0.606. The zero-order valence-electron chi connectivity index (χ0n) is 10.0. The molecule has 1 aromatic rings. The number of rotatable bonds is 4. The topological polar surface area (TPSA) is 116 Å². The Bertz CT molecular complexity index is 459. The first-order valence-corrected chi connectivity index (χ1v) is 5.64. The van der Waals surface area contributed by atoms with Crippen LogP contribution in [-0.4, -0.2) is 33.6 Å². The smallest absolute Gasteiger partial charge is 0.352 e. The lowest BCUT2D eigenvalue weighted by atomic mass is 10.0. The van der Waals surface area contributed by atoms with Gasteiger partial charge in [0.1, 0.15) is 6.33 Å². The number of nitrogen functional groups attached to an aromatic ring is 1. The Morgan fingerprint density at radius 1 is 1.67 bits per heavy atom. The molecule has 0 bridgehead atoms. The summed E-state index contributed by atoms with van der Waals surface area (Å²) in [6.45, 7) is 3.12. The summed E-state index contributed by atoms with van der Waals surface area (Å²) in [5.74, 6) is -0.0146. The van der Waals surface area contributed by atoms with Crippen LogP contribution in [0.4, 0.5) is 17.3 Å². The van der Waals surface area contributed by atoms with E-state index >= 15 is 0 Å². The Morgan fingerprint density at radius 2 is 2.44 bits per heavy atom. The number of hydrogen-bond acceptors (Lipinski definition) is 7. The number of ether oxygens (including phenoxy) is 1. The highest BCUT2D eigenvalue weighted by atomic mass is 16.6. The maximum absolute atomic E-state index is 10.9. The number of anilines is 2. The second-order valence-electron chi connectivity index (χ2n) is 4.47. The van der Waals surface area contributed by atoms with Crippen molar-refractivity contribution in [2.75, 3.05) is 24.2 Å². The summed E-state index contributed by atoms with van der Waals surface area (Å²) < 4.78 is 5.59. The van der Waals surface area contributed by atoms with E-state index in [2.05, 4.69) is 15.3 Å². The predicted molar refractivity (Wildman–Crippen MR) is 65.2 cm³/mol. The molecule has 1 aromatic heterocycles. The lowest BCUT2D eigenvalue weighted by Crippen LogP contribution is -2.33. The Morgan fingerprint density at radius 3 is 3.06 bits per heavy atom. The van der Waals surface area contributed by atoms with Gasteiger partial charge in [-0.15, -0.1) is 0 Å². The van der Waals surface area contributed by atoms with E-state index in [0.29, 0.717) is 13.2 Å². The number of hydrogen-bond donors (Lipinski definition) is 2. The summed E-state index contributed by atoms with van der Waals surface area (Å²) in [7, 11) is 0. The molecule has 98 valence electrons. The van der Waals surface area contributed by atoms with Gasteiger partial charge in [-0.25, -0.2) is 9.97 Å². The van der Waals surface area contributed by atoms with E-state index in [4.69, 9.17) is 10.5 Å². The minimum absolute atomic E-state index is 0.129. The third-order valence-corrected chi connectivity index (χ3v) is 2.96. The lowest BCUT2D eigenvalue weighted by Gasteiger charge is -2.23. The molecular weight excluding hydrogens is 238 g/mol. The minimum atomic E-state index is -0.588. The highest BCUT2D eigenvalue weighted by molar-refractivity contribution is 5.67. The van der Waals surface area contributed by atoms with E-state index < -0.39 is 4.92 Å². The van der Waals surface area contributed by atoms with E-state index in [1.165, 1.54) is 6.33 Å². The van der Waals surface area contributed by atoms with Gasteiger partial charge in [0.2, 0.25) is 11.6 Å². The van der Waals surface area contributed by atoms with Crippen molar-refractivity contribution in [3.8, 4) is 0 Å². The van der Waals surface area contributed by atoms with Crippen LogP contribution in [0.5, 0.6) is 0 Å². The lowest BCUT2D eigenvalue weighted by molar-refractivity contribution is -0.383. The molecule has 1 saturated heterocycles. The first kappa shape index (κ1) is 12.5. The molecule has 1 atom stereocenters. The van der Waals surface area contributed by atoms with Crippen LogP contribution >= 0.6 is 0 Å². The summed E-state index contributed by atoms with van der Waals surface area (Å²) in [6.07, 6.45) is 3.10. The predicted octanol–water partition coefficient (Wildman–Crippen LogP) is 0.948. The van der Waals surface area contributed by atoms with Gasteiger partial charge in [-0.05, 0) is 19.8 Å². The molecule has 0 spiro atoms. The standard InChI is InChI=1S/C10H15N5O3/c1-10(3-2-4-18-10)5-12-9-7(15(16)17)8(11)13-6-14-9/h6H,2-5H2,1H3,(H3,11,12,13,14). The van der Waals surface area contributed by atoms with Gasteiger partial charge in [-0.2, -0.15) is 0 Å². The summed E-state index contributed by atoms with van der Waals surface area (Å²) in [5.41, 5.74) is 4.87. The third kappa shape index (κ3) is 2.48. The molecule has 1 unspecified atom stereocenters. The van der Waals surface area contributed by atoms with Gasteiger partial charge < -0.3 is 15.8 Å². The molecule has 8 nitrogen and oxygen atoms in total. The van der Waals surface area contributed by atoms with Crippen LogP contribution in [0.1, 0.15) is 19.8 Å². The fourth-order valence-corrected chi connectivity index (χ4v) is 1.95. The van der Waals surface area contributed by atoms with E-state index in [-0.39, 0.29) is 22.9 Å². The van der Waals surface area contributed by atoms with E-state index in [1.807, 2.05) is 6.92 Å². The molecule has 0 amide bonds. The monoisotopic (exact) mass is 253 g/mol. The Hall–Kier alpha value is -1.96. The van der Waals surface area contributed by atoms with Gasteiger partial charge in [0, 0.05) is 13.2 Å². The van der Waals surface area contributed by atoms with Gasteiger partial charge in [-0.1, -0.05) is 0 Å². The summed E-state index contributed by atoms with van der Waals surface area (Å²) >= 11 is 0. The van der Waals surface area contributed by atoms with Crippen molar-refractivity contribution in [1.29, 1.82) is 0 Å². The van der Waals surface area contributed by atoms with Crippen LogP contribution in [0.15, 0.2) is 6.33 Å². The Balaban J connectivity index is 2.14. The van der Waals surface area contributed by atoms with Gasteiger partial charge in [0.15, 0.2) is 0 Å². The van der Waals surface area contributed by atoms with Gasteiger partial charge in [-0.3, -0.25) is 10.1 Å². The zero-order valence-corrected chi connectivity index (χ0v) is 10.0. The van der Waals surface area contributed by atoms with Crippen LogP contribution in [0, 0.1) is 10.1 Å². The van der Waals surface area contributed by atoms with Crippen LogP contribution in [0.3, 0.4) is 0 Å².